The van der Waals surface area contributed by atoms with Gasteiger partial charge in [0, 0.05) is 12.2 Å². The van der Waals surface area contributed by atoms with E-state index in [2.05, 4.69) is 48.4 Å². The molecular formula is C26H34N4O3S. The van der Waals surface area contributed by atoms with E-state index in [0.29, 0.717) is 18.3 Å². The molecule has 8 heteroatoms. The van der Waals surface area contributed by atoms with Crippen LogP contribution in [0.2, 0.25) is 0 Å². The molecule has 1 N–H and O–H groups in total. The van der Waals surface area contributed by atoms with E-state index in [1.807, 2.05) is 61.7 Å². The Hall–Kier alpha value is -3.00. The predicted molar refractivity (Wildman–Crippen MR) is 137 cm³/mol. The molecule has 0 aliphatic carbocycles. The zero-order valence-corrected chi connectivity index (χ0v) is 21.6. The van der Waals surface area contributed by atoms with E-state index in [0.717, 1.165) is 23.0 Å². The zero-order valence-electron chi connectivity index (χ0n) is 20.8. The Labute approximate surface area is 206 Å². The minimum Gasteiger partial charge on any atom is -0.494 e. The lowest BCUT2D eigenvalue weighted by atomic mass is 9.87. The van der Waals surface area contributed by atoms with Crippen LogP contribution in [-0.4, -0.2) is 33.0 Å². The molecule has 0 bridgehead atoms. The summed E-state index contributed by atoms with van der Waals surface area (Å²) >= 11 is 1.36. The second kappa shape index (κ2) is 11.4. The molecule has 3 rings (SSSR count). The van der Waals surface area contributed by atoms with Gasteiger partial charge < -0.3 is 19.4 Å². The third-order valence-corrected chi connectivity index (χ3v) is 6.21. The third kappa shape index (κ3) is 6.76. The monoisotopic (exact) mass is 482 g/mol. The SMILES string of the molecule is CCOc1ccc(NC(=O)CSc2nnc(C(C)Oc3ccc(C(C)(C)C)cc3)n2CC)cc1. The van der Waals surface area contributed by atoms with Gasteiger partial charge in [-0.15, -0.1) is 10.2 Å². The molecule has 0 radical (unpaired) electrons. The number of anilines is 1. The molecule has 1 heterocycles. The largest absolute Gasteiger partial charge is 0.494 e. The van der Waals surface area contributed by atoms with Crippen molar-refractivity contribution < 1.29 is 14.3 Å². The number of ether oxygens (including phenoxy) is 2. The maximum Gasteiger partial charge on any atom is 0.234 e. The molecule has 1 aromatic heterocycles. The van der Waals surface area contributed by atoms with Gasteiger partial charge in [0.15, 0.2) is 17.1 Å². The number of carbonyl (C=O) groups is 1. The van der Waals surface area contributed by atoms with Crippen molar-refractivity contribution >= 4 is 23.4 Å². The Kier molecular flexibility index (Phi) is 8.61. The molecule has 1 unspecified atom stereocenters. The maximum absolute atomic E-state index is 12.4. The fourth-order valence-corrected chi connectivity index (χ4v) is 4.23. The van der Waals surface area contributed by atoms with E-state index in [1.54, 1.807) is 0 Å². The lowest BCUT2D eigenvalue weighted by molar-refractivity contribution is -0.113. The van der Waals surface area contributed by atoms with Gasteiger partial charge in [0.2, 0.25) is 5.91 Å². The summed E-state index contributed by atoms with van der Waals surface area (Å²) in [4.78, 5) is 12.4. The Morgan fingerprint density at radius 1 is 1.03 bits per heavy atom. The van der Waals surface area contributed by atoms with Crippen molar-refractivity contribution in [2.45, 2.75) is 64.8 Å². The van der Waals surface area contributed by atoms with Crippen molar-refractivity contribution in [3.8, 4) is 11.5 Å². The minimum absolute atomic E-state index is 0.0951. The van der Waals surface area contributed by atoms with Crippen molar-refractivity contribution in [2.75, 3.05) is 17.7 Å². The van der Waals surface area contributed by atoms with Crippen molar-refractivity contribution in [3.63, 3.8) is 0 Å². The number of thioether (sulfide) groups is 1. The predicted octanol–water partition coefficient (Wildman–Crippen LogP) is 5.87. The van der Waals surface area contributed by atoms with Crippen LogP contribution in [0.25, 0.3) is 0 Å². The molecule has 3 aromatic rings. The smallest absolute Gasteiger partial charge is 0.234 e. The zero-order chi connectivity index (χ0) is 24.7. The second-order valence-corrected chi connectivity index (χ2v) is 9.86. The average Bonchev–Trinajstić information content (AvgIpc) is 3.22. The molecule has 1 atom stereocenters. The Bertz CT molecular complexity index is 1070. The Balaban J connectivity index is 1.59. The summed E-state index contributed by atoms with van der Waals surface area (Å²) in [6.45, 7) is 13.8. The topological polar surface area (TPSA) is 78.3 Å². The molecule has 7 nitrogen and oxygen atoms in total. The average molecular weight is 483 g/mol. The van der Waals surface area contributed by atoms with Gasteiger partial charge in [0.1, 0.15) is 11.5 Å². The first kappa shape index (κ1) is 25.6. The van der Waals surface area contributed by atoms with Crippen LogP contribution in [0.15, 0.2) is 53.7 Å². The number of benzene rings is 2. The molecule has 0 saturated carbocycles. The van der Waals surface area contributed by atoms with Crippen LogP contribution in [0.5, 0.6) is 11.5 Å². The summed E-state index contributed by atoms with van der Waals surface area (Å²) in [6, 6.07) is 15.5. The molecule has 182 valence electrons. The first-order valence-corrected chi connectivity index (χ1v) is 12.6. The third-order valence-electron chi connectivity index (χ3n) is 5.24. The number of aromatic nitrogens is 3. The fraction of sp³-hybridized carbons (Fsp3) is 0.423. The lowest BCUT2D eigenvalue weighted by Gasteiger charge is -2.20. The molecule has 34 heavy (non-hydrogen) atoms. The number of hydrogen-bond acceptors (Lipinski definition) is 6. The van der Waals surface area contributed by atoms with E-state index in [9.17, 15) is 4.79 Å². The number of nitrogens with one attached hydrogen (secondary N) is 1. The number of amides is 1. The van der Waals surface area contributed by atoms with Gasteiger partial charge in [0.25, 0.3) is 0 Å². The number of nitrogens with zero attached hydrogens (tertiary/aromatic N) is 3. The van der Waals surface area contributed by atoms with E-state index in [-0.39, 0.29) is 23.2 Å². The van der Waals surface area contributed by atoms with Gasteiger partial charge in [0.05, 0.1) is 12.4 Å². The molecule has 0 aliphatic rings. The fourth-order valence-electron chi connectivity index (χ4n) is 3.42. The van der Waals surface area contributed by atoms with Crippen LogP contribution >= 0.6 is 11.8 Å². The highest BCUT2D eigenvalue weighted by Gasteiger charge is 2.20. The van der Waals surface area contributed by atoms with Crippen LogP contribution in [-0.2, 0) is 16.8 Å². The van der Waals surface area contributed by atoms with Gasteiger partial charge >= 0.3 is 0 Å². The van der Waals surface area contributed by atoms with E-state index in [1.165, 1.54) is 17.3 Å². The summed E-state index contributed by atoms with van der Waals surface area (Å²) in [5.74, 6) is 2.42. The van der Waals surface area contributed by atoms with Gasteiger partial charge in [-0.2, -0.15) is 0 Å². The van der Waals surface area contributed by atoms with Crippen LogP contribution in [0.3, 0.4) is 0 Å². The number of hydrogen-bond donors (Lipinski definition) is 1. The molecule has 2 aromatic carbocycles. The Morgan fingerprint density at radius 2 is 1.68 bits per heavy atom. The molecule has 0 fully saturated rings. The standard InChI is InChI=1S/C26H34N4O3S/c1-7-30-24(18(3)33-22-13-9-19(10-14-22)26(4,5)6)28-29-25(30)34-17-23(31)27-20-11-15-21(16-12-20)32-8-2/h9-16,18H,7-8,17H2,1-6H3,(H,27,31). The van der Waals surface area contributed by atoms with Crippen molar-refractivity contribution in [3.05, 3.63) is 59.9 Å². The molecule has 0 spiro atoms. The number of rotatable bonds is 10. The summed E-state index contributed by atoms with van der Waals surface area (Å²) in [6.07, 6.45) is -0.278. The van der Waals surface area contributed by atoms with Crippen LogP contribution in [0.4, 0.5) is 5.69 Å². The molecule has 0 saturated heterocycles. The maximum atomic E-state index is 12.4. The second-order valence-electron chi connectivity index (χ2n) is 8.91. The van der Waals surface area contributed by atoms with Gasteiger partial charge in [-0.05, 0) is 68.1 Å². The van der Waals surface area contributed by atoms with Gasteiger partial charge in [-0.1, -0.05) is 44.7 Å². The molecule has 0 aliphatic heterocycles. The van der Waals surface area contributed by atoms with Crippen LogP contribution in [0.1, 0.15) is 59.0 Å². The minimum atomic E-state index is -0.278. The van der Waals surface area contributed by atoms with E-state index in [4.69, 9.17) is 9.47 Å². The van der Waals surface area contributed by atoms with E-state index >= 15 is 0 Å². The highest BCUT2D eigenvalue weighted by molar-refractivity contribution is 7.99. The first-order valence-electron chi connectivity index (χ1n) is 11.6. The first-order chi connectivity index (χ1) is 16.2. The Morgan fingerprint density at radius 3 is 2.26 bits per heavy atom. The van der Waals surface area contributed by atoms with Crippen molar-refractivity contribution in [1.82, 2.24) is 14.8 Å². The lowest BCUT2D eigenvalue weighted by Crippen LogP contribution is -2.15. The van der Waals surface area contributed by atoms with E-state index < -0.39 is 0 Å². The highest BCUT2D eigenvalue weighted by Crippen LogP contribution is 2.28. The summed E-state index contributed by atoms with van der Waals surface area (Å²) in [5.41, 5.74) is 2.08. The quantitative estimate of drug-likeness (QED) is 0.364. The van der Waals surface area contributed by atoms with Gasteiger partial charge in [-0.25, -0.2) is 0 Å². The summed E-state index contributed by atoms with van der Waals surface area (Å²) < 4.78 is 13.6. The summed E-state index contributed by atoms with van der Waals surface area (Å²) in [7, 11) is 0. The van der Waals surface area contributed by atoms with Crippen molar-refractivity contribution in [1.29, 1.82) is 0 Å². The molecular weight excluding hydrogens is 448 g/mol. The van der Waals surface area contributed by atoms with Crippen molar-refractivity contribution in [2.24, 2.45) is 0 Å². The van der Waals surface area contributed by atoms with Crippen LogP contribution in [0, 0.1) is 0 Å². The van der Waals surface area contributed by atoms with Crippen LogP contribution < -0.4 is 14.8 Å². The number of carbonyl (C=O) groups excluding carboxylic acids is 1. The highest BCUT2D eigenvalue weighted by atomic mass is 32.2. The molecule has 1 amide bonds. The van der Waals surface area contributed by atoms with Gasteiger partial charge in [-0.3, -0.25) is 4.79 Å². The summed E-state index contributed by atoms with van der Waals surface area (Å²) in [5, 5.41) is 12.2. The normalized spacial score (nSPS) is 12.3.